The standard InChI is InChI=1S/C11H14F2N2S/c1-2-15(7-11(14)16)6-8-3-4-9(12)10(13)5-8/h3-5H,2,6-7H2,1H3,(H2,14,16). The van der Waals surface area contributed by atoms with Gasteiger partial charge in [-0.3, -0.25) is 4.90 Å². The van der Waals surface area contributed by atoms with E-state index in [4.69, 9.17) is 18.0 Å². The average molecular weight is 244 g/mol. The van der Waals surface area contributed by atoms with Crippen LogP contribution in [0.25, 0.3) is 0 Å². The van der Waals surface area contributed by atoms with Gasteiger partial charge in [-0.05, 0) is 24.2 Å². The van der Waals surface area contributed by atoms with Crippen LogP contribution in [-0.2, 0) is 6.54 Å². The zero-order chi connectivity index (χ0) is 12.1. The second kappa shape index (κ2) is 5.86. The maximum absolute atomic E-state index is 13.0. The molecule has 5 heteroatoms. The molecule has 0 radical (unpaired) electrons. The molecule has 0 atom stereocenters. The molecule has 1 aromatic carbocycles. The monoisotopic (exact) mass is 244 g/mol. The van der Waals surface area contributed by atoms with Crippen LogP contribution in [0.1, 0.15) is 12.5 Å². The fourth-order valence-corrected chi connectivity index (χ4v) is 1.58. The van der Waals surface area contributed by atoms with E-state index in [1.807, 2.05) is 11.8 Å². The van der Waals surface area contributed by atoms with Gasteiger partial charge in [0.1, 0.15) is 0 Å². The summed E-state index contributed by atoms with van der Waals surface area (Å²) in [4.78, 5) is 2.35. The van der Waals surface area contributed by atoms with Crippen molar-refractivity contribution in [2.75, 3.05) is 13.1 Å². The maximum atomic E-state index is 13.0. The molecule has 1 aromatic rings. The van der Waals surface area contributed by atoms with Crippen LogP contribution in [0.5, 0.6) is 0 Å². The number of halogens is 2. The van der Waals surface area contributed by atoms with Gasteiger partial charge in [-0.25, -0.2) is 8.78 Å². The SMILES string of the molecule is CCN(CC(N)=S)Cc1ccc(F)c(F)c1. The fraction of sp³-hybridized carbons (Fsp3) is 0.364. The number of rotatable bonds is 5. The molecule has 0 bridgehead atoms. The smallest absolute Gasteiger partial charge is 0.159 e. The van der Waals surface area contributed by atoms with E-state index in [0.717, 1.165) is 12.6 Å². The Labute approximate surface area is 99.0 Å². The Morgan fingerprint density at radius 2 is 2.06 bits per heavy atom. The van der Waals surface area contributed by atoms with Crippen molar-refractivity contribution >= 4 is 17.2 Å². The van der Waals surface area contributed by atoms with E-state index in [0.29, 0.717) is 23.6 Å². The molecule has 0 aliphatic carbocycles. The first-order chi connectivity index (χ1) is 7.52. The van der Waals surface area contributed by atoms with Crippen molar-refractivity contribution in [3.05, 3.63) is 35.4 Å². The van der Waals surface area contributed by atoms with Crippen LogP contribution in [0, 0.1) is 11.6 Å². The number of likely N-dealkylation sites (N-methyl/N-ethyl adjacent to an activating group) is 1. The molecule has 0 saturated carbocycles. The molecule has 1 rings (SSSR count). The van der Waals surface area contributed by atoms with E-state index in [2.05, 4.69) is 0 Å². The van der Waals surface area contributed by atoms with E-state index in [1.165, 1.54) is 6.07 Å². The van der Waals surface area contributed by atoms with Gasteiger partial charge in [0.05, 0.1) is 4.99 Å². The van der Waals surface area contributed by atoms with E-state index in [1.54, 1.807) is 6.07 Å². The highest BCUT2D eigenvalue weighted by atomic mass is 32.1. The lowest BCUT2D eigenvalue weighted by atomic mass is 10.2. The molecule has 16 heavy (non-hydrogen) atoms. The van der Waals surface area contributed by atoms with E-state index < -0.39 is 11.6 Å². The van der Waals surface area contributed by atoms with Gasteiger partial charge in [-0.1, -0.05) is 25.2 Å². The summed E-state index contributed by atoms with van der Waals surface area (Å²) in [6.45, 7) is 3.68. The molecule has 0 fully saturated rings. The summed E-state index contributed by atoms with van der Waals surface area (Å²) in [5, 5.41) is 0. The van der Waals surface area contributed by atoms with Crippen LogP contribution in [-0.4, -0.2) is 23.0 Å². The van der Waals surface area contributed by atoms with E-state index >= 15 is 0 Å². The van der Waals surface area contributed by atoms with Crippen LogP contribution in [0.15, 0.2) is 18.2 Å². The molecule has 0 aliphatic rings. The number of hydrogen-bond acceptors (Lipinski definition) is 2. The first-order valence-electron chi connectivity index (χ1n) is 4.97. The van der Waals surface area contributed by atoms with Crippen LogP contribution >= 0.6 is 12.2 Å². The summed E-state index contributed by atoms with van der Waals surface area (Å²) in [5.41, 5.74) is 6.14. The summed E-state index contributed by atoms with van der Waals surface area (Å²) in [7, 11) is 0. The first kappa shape index (κ1) is 13.0. The minimum absolute atomic E-state index is 0.393. The quantitative estimate of drug-likeness (QED) is 0.804. The normalized spacial score (nSPS) is 10.8. The second-order valence-electron chi connectivity index (χ2n) is 3.52. The van der Waals surface area contributed by atoms with Crippen molar-refractivity contribution in [2.24, 2.45) is 5.73 Å². The maximum Gasteiger partial charge on any atom is 0.159 e. The topological polar surface area (TPSA) is 29.3 Å². The number of nitrogens with two attached hydrogens (primary N) is 1. The molecule has 88 valence electrons. The Morgan fingerprint density at radius 1 is 1.38 bits per heavy atom. The van der Waals surface area contributed by atoms with E-state index in [-0.39, 0.29) is 0 Å². The second-order valence-corrected chi connectivity index (χ2v) is 4.04. The summed E-state index contributed by atoms with van der Waals surface area (Å²) in [6, 6.07) is 3.87. The zero-order valence-electron chi connectivity index (χ0n) is 9.04. The number of benzene rings is 1. The van der Waals surface area contributed by atoms with Crippen molar-refractivity contribution in [2.45, 2.75) is 13.5 Å². The number of hydrogen-bond donors (Lipinski definition) is 1. The van der Waals surface area contributed by atoms with Gasteiger partial charge in [-0.15, -0.1) is 0 Å². The van der Waals surface area contributed by atoms with Gasteiger partial charge in [0.25, 0.3) is 0 Å². The van der Waals surface area contributed by atoms with Gasteiger partial charge < -0.3 is 5.73 Å². The van der Waals surface area contributed by atoms with Crippen LogP contribution in [0.3, 0.4) is 0 Å². The summed E-state index contributed by atoms with van der Waals surface area (Å²) in [6.07, 6.45) is 0. The van der Waals surface area contributed by atoms with Crippen molar-refractivity contribution in [3.8, 4) is 0 Å². The molecule has 0 amide bonds. The van der Waals surface area contributed by atoms with Crippen molar-refractivity contribution in [1.82, 2.24) is 4.90 Å². The molecule has 0 aliphatic heterocycles. The minimum Gasteiger partial charge on any atom is -0.392 e. The largest absolute Gasteiger partial charge is 0.392 e. The molecule has 2 N–H and O–H groups in total. The highest BCUT2D eigenvalue weighted by molar-refractivity contribution is 7.80. The Balaban J connectivity index is 2.70. The molecule has 0 heterocycles. The van der Waals surface area contributed by atoms with Gasteiger partial charge >= 0.3 is 0 Å². The predicted octanol–water partition coefficient (Wildman–Crippen LogP) is 2.07. The van der Waals surface area contributed by atoms with Crippen LogP contribution < -0.4 is 5.73 Å². The molecule has 0 unspecified atom stereocenters. The Hall–Kier alpha value is -1.07. The highest BCUT2D eigenvalue weighted by Gasteiger charge is 2.07. The number of thiocarbonyl (C=S) groups is 1. The Bertz CT molecular complexity index is 382. The lowest BCUT2D eigenvalue weighted by molar-refractivity contribution is 0.320. The highest BCUT2D eigenvalue weighted by Crippen LogP contribution is 2.10. The third kappa shape index (κ3) is 3.83. The summed E-state index contributed by atoms with van der Waals surface area (Å²) in [5.74, 6) is -1.66. The molecule has 2 nitrogen and oxygen atoms in total. The summed E-state index contributed by atoms with van der Waals surface area (Å²) < 4.78 is 25.7. The van der Waals surface area contributed by atoms with Gasteiger partial charge in [-0.2, -0.15) is 0 Å². The van der Waals surface area contributed by atoms with E-state index in [9.17, 15) is 8.78 Å². The molecular formula is C11H14F2N2S. The van der Waals surface area contributed by atoms with Crippen LogP contribution in [0.4, 0.5) is 8.78 Å². The van der Waals surface area contributed by atoms with Crippen molar-refractivity contribution < 1.29 is 8.78 Å². The molecule has 0 saturated heterocycles. The molecule has 0 aromatic heterocycles. The van der Waals surface area contributed by atoms with Crippen LogP contribution in [0.2, 0.25) is 0 Å². The first-order valence-corrected chi connectivity index (χ1v) is 5.38. The third-order valence-electron chi connectivity index (χ3n) is 2.22. The molecule has 0 spiro atoms. The third-order valence-corrected chi connectivity index (χ3v) is 2.35. The lowest BCUT2D eigenvalue weighted by Crippen LogP contribution is -2.32. The van der Waals surface area contributed by atoms with Gasteiger partial charge in [0.15, 0.2) is 11.6 Å². The molecular weight excluding hydrogens is 230 g/mol. The van der Waals surface area contributed by atoms with Crippen molar-refractivity contribution in [3.63, 3.8) is 0 Å². The zero-order valence-corrected chi connectivity index (χ0v) is 9.86. The van der Waals surface area contributed by atoms with Gasteiger partial charge in [0.2, 0.25) is 0 Å². The predicted molar refractivity (Wildman–Crippen MR) is 64.1 cm³/mol. The minimum atomic E-state index is -0.832. The number of nitrogens with zero attached hydrogens (tertiary/aromatic N) is 1. The average Bonchev–Trinajstić information content (AvgIpc) is 2.22. The lowest BCUT2D eigenvalue weighted by Gasteiger charge is -2.19. The Morgan fingerprint density at radius 3 is 2.56 bits per heavy atom. The van der Waals surface area contributed by atoms with Gasteiger partial charge in [0, 0.05) is 13.1 Å². The Kier molecular flexibility index (Phi) is 4.76. The fourth-order valence-electron chi connectivity index (χ4n) is 1.40. The van der Waals surface area contributed by atoms with Crippen molar-refractivity contribution in [1.29, 1.82) is 0 Å². The summed E-state index contributed by atoms with van der Waals surface area (Å²) >= 11 is 4.80.